The number of carbonyl (C=O) groups is 2. The van der Waals surface area contributed by atoms with E-state index in [2.05, 4.69) is 0 Å². The van der Waals surface area contributed by atoms with Gasteiger partial charge < -0.3 is 10.0 Å². The Hall–Kier alpha value is -3.58. The van der Waals surface area contributed by atoms with Crippen molar-refractivity contribution in [2.24, 2.45) is 0 Å². The fraction of sp³-hybridized carbons (Fsp3) is 0.259. The van der Waals surface area contributed by atoms with Crippen molar-refractivity contribution < 1.29 is 40.0 Å². The Balaban J connectivity index is 1.99. The molecule has 1 heterocycles. The molecule has 2 N–H and O–H groups in total. The summed E-state index contributed by atoms with van der Waals surface area (Å²) in [6.07, 6.45) is 5.38. The van der Waals surface area contributed by atoms with Crippen LogP contribution in [0.2, 0.25) is 0 Å². The van der Waals surface area contributed by atoms with Crippen LogP contribution in [0.1, 0.15) is 30.4 Å². The Morgan fingerprint density at radius 3 is 2.41 bits per heavy atom. The highest BCUT2D eigenvalue weighted by molar-refractivity contribution is 7.86. The molecule has 1 aliphatic carbocycles. The van der Waals surface area contributed by atoms with Gasteiger partial charge in [0.15, 0.2) is 5.70 Å². The minimum atomic E-state index is -4.51. The maximum Gasteiger partial charge on any atom is 0.338 e. The summed E-state index contributed by atoms with van der Waals surface area (Å²) in [5.41, 5.74) is 3.00. The SMILES string of the molecule is Cc1ccc(S(=O)(=O)[N+](C=O)(CCC(=O)O)C2=C3CC=CC=C3N(CCCS(=O)(=O)O)c3ccccc32)cc1. The smallest absolute Gasteiger partial charge is 0.338 e. The average molecular weight is 574 g/mol. The van der Waals surface area contributed by atoms with E-state index in [1.165, 1.54) is 12.1 Å². The lowest BCUT2D eigenvalue weighted by Gasteiger charge is -2.41. The summed E-state index contributed by atoms with van der Waals surface area (Å²) < 4.78 is 59.3. The van der Waals surface area contributed by atoms with Crippen LogP contribution in [0.3, 0.4) is 0 Å². The average Bonchev–Trinajstić information content (AvgIpc) is 2.89. The lowest BCUT2D eigenvalue weighted by atomic mass is 9.90. The summed E-state index contributed by atoms with van der Waals surface area (Å²) in [4.78, 5) is 26.5. The number of rotatable bonds is 11. The van der Waals surface area contributed by atoms with Gasteiger partial charge in [0.25, 0.3) is 10.1 Å². The van der Waals surface area contributed by atoms with Crippen LogP contribution >= 0.6 is 0 Å². The van der Waals surface area contributed by atoms with Crippen LogP contribution in [-0.2, 0) is 29.7 Å². The normalized spacial score (nSPS) is 16.7. The van der Waals surface area contributed by atoms with Crippen molar-refractivity contribution in [1.82, 2.24) is 0 Å². The van der Waals surface area contributed by atoms with Crippen molar-refractivity contribution in [1.29, 1.82) is 0 Å². The van der Waals surface area contributed by atoms with Gasteiger partial charge in [-0.25, -0.2) is 4.79 Å². The fourth-order valence-electron chi connectivity index (χ4n) is 4.98. The van der Waals surface area contributed by atoms with Crippen LogP contribution in [0.4, 0.5) is 5.69 Å². The summed E-state index contributed by atoms with van der Waals surface area (Å²) in [6, 6.07) is 12.9. The number of carboxylic acid groups (broad SMARTS) is 1. The number of carboxylic acids is 1. The molecule has 206 valence electrons. The molecule has 4 rings (SSSR count). The molecule has 1 atom stereocenters. The second kappa shape index (κ2) is 10.9. The first-order valence-electron chi connectivity index (χ1n) is 12.2. The number of amides is 1. The molecule has 0 fully saturated rings. The van der Waals surface area contributed by atoms with Crippen molar-refractivity contribution in [2.45, 2.75) is 31.1 Å². The van der Waals surface area contributed by atoms with E-state index in [9.17, 15) is 36.1 Å². The Morgan fingerprint density at radius 2 is 1.77 bits per heavy atom. The first-order valence-corrected chi connectivity index (χ1v) is 15.3. The van der Waals surface area contributed by atoms with Gasteiger partial charge in [-0.15, -0.1) is 3.89 Å². The maximum absolute atomic E-state index is 14.3. The van der Waals surface area contributed by atoms with Gasteiger partial charge in [0.05, 0.1) is 29.1 Å². The quantitative estimate of drug-likeness (QED) is 0.234. The number of anilines is 1. The zero-order valence-corrected chi connectivity index (χ0v) is 22.9. The molecule has 0 radical (unpaired) electrons. The number of allylic oxidation sites excluding steroid dienone is 4. The van der Waals surface area contributed by atoms with Crippen LogP contribution in [0, 0.1) is 6.92 Å². The minimum absolute atomic E-state index is 0.0885. The number of fused-ring (bicyclic) bond motifs is 2. The van der Waals surface area contributed by atoms with Gasteiger partial charge in [-0.2, -0.15) is 16.8 Å². The molecular formula is C27H29N2O8S2+. The Bertz CT molecular complexity index is 1610. The molecule has 2 aromatic rings. The van der Waals surface area contributed by atoms with E-state index in [-0.39, 0.29) is 30.0 Å². The van der Waals surface area contributed by atoms with Crippen LogP contribution in [-0.4, -0.2) is 61.6 Å². The second-order valence-corrected chi connectivity index (χ2v) is 13.0. The van der Waals surface area contributed by atoms with Crippen molar-refractivity contribution in [2.75, 3.05) is 23.7 Å². The number of hydrogen-bond acceptors (Lipinski definition) is 7. The summed E-state index contributed by atoms with van der Waals surface area (Å²) in [7, 11) is -8.70. The molecule has 1 unspecified atom stereocenters. The van der Waals surface area contributed by atoms with Gasteiger partial charge in [-0.3, -0.25) is 9.35 Å². The largest absolute Gasteiger partial charge is 0.481 e. The minimum Gasteiger partial charge on any atom is -0.481 e. The van der Waals surface area contributed by atoms with Gasteiger partial charge >= 0.3 is 22.4 Å². The number of quaternary nitrogens is 1. The number of carbonyl (C=O) groups excluding carboxylic acids is 1. The standard InChI is InChI=1S/C27H28N2O8S2/c1-20-11-13-21(14-12-20)39(36,37)29(19-30,17-15-26(31)32)27-22-7-2-4-9-24(22)28(16-6-18-38(33,34)35)25-10-5-3-8-23(25)27/h2-5,7,9-14,19H,6,8,15-18H2,1H3,(H-,31,32,33,34,35)/p+1. The van der Waals surface area contributed by atoms with Gasteiger partial charge in [-0.1, -0.05) is 42.0 Å². The van der Waals surface area contributed by atoms with E-state index < -0.39 is 48.7 Å². The number of nitrogens with zero attached hydrogens (tertiary/aromatic N) is 2. The first kappa shape index (κ1) is 28.4. The first-order chi connectivity index (χ1) is 18.4. The summed E-state index contributed by atoms with van der Waals surface area (Å²) in [5.74, 6) is -1.71. The van der Waals surface area contributed by atoms with E-state index >= 15 is 0 Å². The fourth-order valence-corrected chi connectivity index (χ4v) is 7.22. The number of para-hydroxylation sites is 1. The monoisotopic (exact) mass is 573 g/mol. The van der Waals surface area contributed by atoms with Crippen molar-refractivity contribution in [3.8, 4) is 0 Å². The Morgan fingerprint density at radius 1 is 1.08 bits per heavy atom. The molecule has 12 heteroatoms. The molecule has 0 saturated heterocycles. The molecule has 2 aliphatic rings. The van der Waals surface area contributed by atoms with E-state index in [1.807, 2.05) is 4.90 Å². The third-order valence-electron chi connectivity index (χ3n) is 6.79. The van der Waals surface area contributed by atoms with E-state index in [4.69, 9.17) is 0 Å². The zero-order valence-electron chi connectivity index (χ0n) is 21.2. The Kier molecular flexibility index (Phi) is 7.94. The lowest BCUT2D eigenvalue weighted by Crippen LogP contribution is -2.52. The molecule has 0 aromatic heterocycles. The molecule has 10 nitrogen and oxygen atoms in total. The van der Waals surface area contributed by atoms with Gasteiger partial charge in [0, 0.05) is 12.1 Å². The predicted octanol–water partition coefficient (Wildman–Crippen LogP) is 3.48. The molecule has 0 saturated carbocycles. The number of hydrogen-bond donors (Lipinski definition) is 2. The predicted molar refractivity (Wildman–Crippen MR) is 145 cm³/mol. The number of aryl methyl sites for hydroxylation is 1. The molecule has 1 amide bonds. The second-order valence-electron chi connectivity index (χ2n) is 9.38. The van der Waals surface area contributed by atoms with Crippen molar-refractivity contribution in [3.63, 3.8) is 0 Å². The van der Waals surface area contributed by atoms with E-state index in [0.717, 1.165) is 5.56 Å². The van der Waals surface area contributed by atoms with Crippen LogP contribution in [0.5, 0.6) is 0 Å². The van der Waals surface area contributed by atoms with Crippen LogP contribution in [0.15, 0.2) is 82.9 Å². The highest BCUT2D eigenvalue weighted by Crippen LogP contribution is 2.48. The van der Waals surface area contributed by atoms with Crippen molar-refractivity contribution >= 4 is 43.9 Å². The highest BCUT2D eigenvalue weighted by atomic mass is 32.2. The van der Waals surface area contributed by atoms with Crippen LogP contribution in [0.25, 0.3) is 5.70 Å². The van der Waals surface area contributed by atoms with Gasteiger partial charge in [0.1, 0.15) is 11.4 Å². The summed E-state index contributed by atoms with van der Waals surface area (Å²) >= 11 is 0. The molecule has 39 heavy (non-hydrogen) atoms. The van der Waals surface area contributed by atoms with E-state index in [1.54, 1.807) is 61.5 Å². The third-order valence-corrected chi connectivity index (χ3v) is 9.77. The topological polar surface area (TPSA) is 146 Å². The molecular weight excluding hydrogens is 544 g/mol. The zero-order chi connectivity index (χ0) is 28.4. The summed E-state index contributed by atoms with van der Waals surface area (Å²) in [5, 5.41) is 9.54. The number of benzene rings is 2. The number of sulfonamides is 1. The lowest BCUT2D eigenvalue weighted by molar-refractivity contribution is -0.637. The van der Waals surface area contributed by atoms with Gasteiger partial charge in [0.2, 0.25) is 0 Å². The highest BCUT2D eigenvalue weighted by Gasteiger charge is 2.52. The summed E-state index contributed by atoms with van der Waals surface area (Å²) in [6.45, 7) is 1.45. The third kappa shape index (κ3) is 5.46. The maximum atomic E-state index is 14.3. The molecule has 0 bridgehead atoms. The van der Waals surface area contributed by atoms with Gasteiger partial charge in [-0.05, 0) is 50.1 Å². The Labute approximate surface area is 227 Å². The number of aliphatic carboxylic acids is 1. The van der Waals surface area contributed by atoms with E-state index in [0.29, 0.717) is 28.9 Å². The van der Waals surface area contributed by atoms with Crippen molar-refractivity contribution in [3.05, 3.63) is 89.2 Å². The molecule has 0 spiro atoms. The van der Waals surface area contributed by atoms with Crippen LogP contribution < -0.4 is 4.90 Å². The molecule has 2 aromatic carbocycles. The molecule has 1 aliphatic heterocycles.